The van der Waals surface area contributed by atoms with Gasteiger partial charge in [0.15, 0.2) is 0 Å². The maximum Gasteiger partial charge on any atom is 0.261 e. The first-order valence-corrected chi connectivity index (χ1v) is 8.20. The van der Waals surface area contributed by atoms with Crippen LogP contribution in [0.3, 0.4) is 0 Å². The number of hydrogen-bond donors (Lipinski definition) is 1. The average molecular weight is 331 g/mol. The van der Waals surface area contributed by atoms with E-state index in [2.05, 4.69) is 11.4 Å². The molecule has 1 aliphatic heterocycles. The van der Waals surface area contributed by atoms with E-state index >= 15 is 0 Å². The molecule has 1 amide bonds. The monoisotopic (exact) mass is 331 g/mol. The molecule has 1 aromatic heterocycles. The number of amides is 1. The van der Waals surface area contributed by atoms with Gasteiger partial charge >= 0.3 is 0 Å². The van der Waals surface area contributed by atoms with Gasteiger partial charge in [-0.3, -0.25) is 14.2 Å². The Morgan fingerprint density at radius 2 is 2.00 bits per heavy atom. The molecule has 0 unspecified atom stereocenters. The van der Waals surface area contributed by atoms with Crippen LogP contribution in [0.1, 0.15) is 24.7 Å². The Bertz CT molecular complexity index is 1070. The van der Waals surface area contributed by atoms with Crippen molar-refractivity contribution >= 4 is 34.1 Å². The molecule has 4 rings (SSSR count). The molecule has 0 spiro atoms. The zero-order valence-electron chi connectivity index (χ0n) is 13.8. The molecular weight excluding hydrogens is 314 g/mol. The standard InChI is InChI=1S/C20H17N3O2/c1-13(24)21-16-7-8-18-17(12-16)20(25)23-10-9-15(19(23)22-18)11-14-5-3-2-4-6-14/h2-8,11-12H,9-10H2,1H3,(H,21,24)/b15-11+. The predicted molar refractivity (Wildman–Crippen MR) is 99.2 cm³/mol. The van der Waals surface area contributed by atoms with Crippen LogP contribution in [0.2, 0.25) is 0 Å². The van der Waals surface area contributed by atoms with Gasteiger partial charge in [-0.25, -0.2) is 4.98 Å². The number of carbonyl (C=O) groups excluding carboxylic acids is 1. The molecule has 5 nitrogen and oxygen atoms in total. The number of allylic oxidation sites excluding steroid dienone is 1. The molecule has 25 heavy (non-hydrogen) atoms. The highest BCUT2D eigenvalue weighted by Gasteiger charge is 2.21. The fourth-order valence-corrected chi connectivity index (χ4v) is 3.19. The fourth-order valence-electron chi connectivity index (χ4n) is 3.19. The number of rotatable bonds is 2. The van der Waals surface area contributed by atoms with Crippen molar-refractivity contribution in [3.8, 4) is 0 Å². The molecule has 0 bridgehead atoms. The van der Waals surface area contributed by atoms with Gasteiger partial charge in [-0.05, 0) is 41.8 Å². The van der Waals surface area contributed by atoms with Crippen molar-refractivity contribution in [2.75, 3.05) is 5.32 Å². The van der Waals surface area contributed by atoms with Crippen molar-refractivity contribution in [3.05, 3.63) is 70.3 Å². The molecule has 1 aliphatic rings. The van der Waals surface area contributed by atoms with E-state index in [4.69, 9.17) is 4.98 Å². The zero-order valence-corrected chi connectivity index (χ0v) is 13.8. The smallest absolute Gasteiger partial charge is 0.261 e. The van der Waals surface area contributed by atoms with Crippen molar-refractivity contribution in [3.63, 3.8) is 0 Å². The van der Waals surface area contributed by atoms with E-state index in [0.29, 0.717) is 23.1 Å². The third-order valence-electron chi connectivity index (χ3n) is 4.31. The number of fused-ring (bicyclic) bond motifs is 2. The van der Waals surface area contributed by atoms with Crippen LogP contribution in [-0.2, 0) is 11.3 Å². The lowest BCUT2D eigenvalue weighted by Gasteiger charge is -2.08. The average Bonchev–Trinajstić information content (AvgIpc) is 2.99. The molecule has 0 fully saturated rings. The lowest BCUT2D eigenvalue weighted by molar-refractivity contribution is -0.114. The Morgan fingerprint density at radius 3 is 2.76 bits per heavy atom. The van der Waals surface area contributed by atoms with Gasteiger partial charge in [-0.1, -0.05) is 30.3 Å². The van der Waals surface area contributed by atoms with Gasteiger partial charge in [-0.15, -0.1) is 0 Å². The van der Waals surface area contributed by atoms with Crippen molar-refractivity contribution < 1.29 is 4.79 Å². The van der Waals surface area contributed by atoms with Crippen LogP contribution in [0, 0.1) is 0 Å². The number of nitrogens with zero attached hydrogens (tertiary/aromatic N) is 2. The molecule has 0 aliphatic carbocycles. The van der Waals surface area contributed by atoms with Crippen LogP contribution in [0.4, 0.5) is 5.69 Å². The second kappa shape index (κ2) is 6.02. The molecule has 2 aromatic carbocycles. The summed E-state index contributed by atoms with van der Waals surface area (Å²) in [6, 6.07) is 15.3. The molecule has 0 saturated heterocycles. The van der Waals surface area contributed by atoms with E-state index in [0.717, 1.165) is 23.4 Å². The largest absolute Gasteiger partial charge is 0.326 e. The number of carbonyl (C=O) groups is 1. The Hall–Kier alpha value is -3.21. The number of hydrogen-bond acceptors (Lipinski definition) is 3. The van der Waals surface area contributed by atoms with E-state index in [1.807, 2.05) is 30.3 Å². The summed E-state index contributed by atoms with van der Waals surface area (Å²) in [6.45, 7) is 2.07. The van der Waals surface area contributed by atoms with Crippen LogP contribution in [0.15, 0.2) is 53.3 Å². The van der Waals surface area contributed by atoms with Crippen LogP contribution >= 0.6 is 0 Å². The molecule has 0 radical (unpaired) electrons. The fraction of sp³-hybridized carbons (Fsp3) is 0.150. The Labute approximate surface area is 144 Å². The minimum absolute atomic E-state index is 0.0661. The lowest BCUT2D eigenvalue weighted by atomic mass is 10.1. The number of nitrogens with one attached hydrogen (secondary N) is 1. The third kappa shape index (κ3) is 2.85. The first-order chi connectivity index (χ1) is 12.1. The van der Waals surface area contributed by atoms with E-state index in [1.165, 1.54) is 6.92 Å². The van der Waals surface area contributed by atoms with Crippen LogP contribution in [-0.4, -0.2) is 15.5 Å². The first kappa shape index (κ1) is 15.3. The van der Waals surface area contributed by atoms with Gasteiger partial charge in [0.1, 0.15) is 5.82 Å². The van der Waals surface area contributed by atoms with Crippen molar-refractivity contribution in [2.24, 2.45) is 0 Å². The Balaban J connectivity index is 1.84. The summed E-state index contributed by atoms with van der Waals surface area (Å²) in [5.41, 5.74) is 3.35. The molecule has 1 N–H and O–H groups in total. The molecule has 0 saturated carbocycles. The SMILES string of the molecule is CC(=O)Nc1ccc2nc3n(c(=O)c2c1)CC/C3=C\c1ccccc1. The number of aromatic nitrogens is 2. The Kier molecular flexibility index (Phi) is 3.69. The number of anilines is 1. The normalized spacial score (nSPS) is 14.7. The minimum Gasteiger partial charge on any atom is -0.326 e. The summed E-state index contributed by atoms with van der Waals surface area (Å²) in [5, 5.41) is 3.23. The minimum atomic E-state index is -0.165. The van der Waals surface area contributed by atoms with Gasteiger partial charge < -0.3 is 5.32 Å². The lowest BCUT2D eigenvalue weighted by Crippen LogP contribution is -2.21. The van der Waals surface area contributed by atoms with Gasteiger partial charge in [-0.2, -0.15) is 0 Å². The second-order valence-corrected chi connectivity index (χ2v) is 6.14. The molecule has 5 heteroatoms. The summed E-state index contributed by atoms with van der Waals surface area (Å²) in [5.74, 6) is 0.565. The van der Waals surface area contributed by atoms with Crippen LogP contribution < -0.4 is 10.9 Å². The molecule has 3 aromatic rings. The van der Waals surface area contributed by atoms with Crippen LogP contribution in [0.5, 0.6) is 0 Å². The quantitative estimate of drug-likeness (QED) is 0.783. The highest BCUT2D eigenvalue weighted by atomic mass is 16.1. The zero-order chi connectivity index (χ0) is 17.4. The summed E-state index contributed by atoms with van der Waals surface area (Å²) >= 11 is 0. The van der Waals surface area contributed by atoms with Crippen molar-refractivity contribution in [1.29, 1.82) is 0 Å². The van der Waals surface area contributed by atoms with E-state index in [-0.39, 0.29) is 11.5 Å². The molecule has 2 heterocycles. The van der Waals surface area contributed by atoms with Crippen molar-refractivity contribution in [1.82, 2.24) is 9.55 Å². The maximum absolute atomic E-state index is 12.8. The van der Waals surface area contributed by atoms with E-state index < -0.39 is 0 Å². The van der Waals surface area contributed by atoms with E-state index in [9.17, 15) is 9.59 Å². The molecule has 0 atom stereocenters. The second-order valence-electron chi connectivity index (χ2n) is 6.14. The van der Waals surface area contributed by atoms with E-state index in [1.54, 1.807) is 22.8 Å². The predicted octanol–water partition coefficient (Wildman–Crippen LogP) is 3.30. The van der Waals surface area contributed by atoms with Crippen molar-refractivity contribution in [2.45, 2.75) is 19.9 Å². The van der Waals surface area contributed by atoms with Gasteiger partial charge in [0, 0.05) is 19.2 Å². The molecular formula is C20H17N3O2. The molecule has 124 valence electrons. The Morgan fingerprint density at radius 1 is 1.20 bits per heavy atom. The summed E-state index contributed by atoms with van der Waals surface area (Å²) in [7, 11) is 0. The summed E-state index contributed by atoms with van der Waals surface area (Å²) in [4.78, 5) is 28.8. The summed E-state index contributed by atoms with van der Waals surface area (Å²) < 4.78 is 1.72. The first-order valence-electron chi connectivity index (χ1n) is 8.20. The maximum atomic E-state index is 12.8. The van der Waals surface area contributed by atoms with Crippen LogP contribution in [0.25, 0.3) is 22.6 Å². The third-order valence-corrected chi connectivity index (χ3v) is 4.31. The van der Waals surface area contributed by atoms with Gasteiger partial charge in [0.25, 0.3) is 5.56 Å². The highest BCUT2D eigenvalue weighted by Crippen LogP contribution is 2.28. The topological polar surface area (TPSA) is 64.0 Å². The highest BCUT2D eigenvalue weighted by molar-refractivity contribution is 5.92. The van der Waals surface area contributed by atoms with Gasteiger partial charge in [0.05, 0.1) is 10.9 Å². The van der Waals surface area contributed by atoms with Gasteiger partial charge in [0.2, 0.25) is 5.91 Å². The number of benzene rings is 2. The summed E-state index contributed by atoms with van der Waals surface area (Å²) in [6.07, 6.45) is 2.87.